The van der Waals surface area contributed by atoms with Crippen LogP contribution in [0.4, 0.5) is 0 Å². The summed E-state index contributed by atoms with van der Waals surface area (Å²) < 4.78 is 0. The second-order valence-electron chi connectivity index (χ2n) is 5.96. The zero-order valence-corrected chi connectivity index (χ0v) is 12.6. The zero-order chi connectivity index (χ0) is 13.9. The van der Waals surface area contributed by atoms with Crippen LogP contribution in [0.1, 0.15) is 90.4 Å². The monoisotopic (exact) mass is 266 g/mol. The molecule has 1 rings (SSSR count). The summed E-state index contributed by atoms with van der Waals surface area (Å²) in [4.78, 5) is 21.6. The highest BCUT2D eigenvalue weighted by molar-refractivity contribution is 6.60. The Morgan fingerprint density at radius 1 is 0.632 bits per heavy atom. The number of unbranched alkanes of at least 4 members (excludes halogenated alkanes) is 11. The van der Waals surface area contributed by atoms with Gasteiger partial charge in [-0.25, -0.2) is 0 Å². The van der Waals surface area contributed by atoms with Gasteiger partial charge in [-0.15, -0.1) is 0 Å². The van der Waals surface area contributed by atoms with Gasteiger partial charge in [0.2, 0.25) is 11.6 Å². The van der Waals surface area contributed by atoms with Crippen LogP contribution >= 0.6 is 0 Å². The van der Waals surface area contributed by atoms with Crippen LogP contribution in [0.15, 0.2) is 0 Å². The highest BCUT2D eigenvalue weighted by atomic mass is 16.2. The lowest BCUT2D eigenvalue weighted by molar-refractivity contribution is -0.122. The standard InChI is InChI=1S/C17H30O2/c1-2-3-4-5-6-7-8-9-10-11-12-13-14-15-16(18)17(15)19/h15H,2-14H2,1H3. The van der Waals surface area contributed by atoms with Gasteiger partial charge in [0.05, 0.1) is 5.92 Å². The van der Waals surface area contributed by atoms with Crippen molar-refractivity contribution in [3.05, 3.63) is 0 Å². The maximum atomic E-state index is 10.8. The van der Waals surface area contributed by atoms with Crippen molar-refractivity contribution < 1.29 is 9.59 Å². The second-order valence-corrected chi connectivity index (χ2v) is 5.96. The Labute approximate surface area is 118 Å². The van der Waals surface area contributed by atoms with E-state index < -0.39 is 0 Å². The van der Waals surface area contributed by atoms with Crippen molar-refractivity contribution in [2.45, 2.75) is 90.4 Å². The van der Waals surface area contributed by atoms with E-state index in [2.05, 4.69) is 6.92 Å². The first-order valence-electron chi connectivity index (χ1n) is 8.35. The third kappa shape index (κ3) is 7.49. The minimum atomic E-state index is -0.192. The van der Waals surface area contributed by atoms with Gasteiger partial charge in [0.15, 0.2) is 0 Å². The molecular weight excluding hydrogens is 236 g/mol. The fraction of sp³-hybridized carbons (Fsp3) is 0.882. The van der Waals surface area contributed by atoms with Gasteiger partial charge >= 0.3 is 0 Å². The van der Waals surface area contributed by atoms with Gasteiger partial charge in [-0.3, -0.25) is 9.59 Å². The summed E-state index contributed by atoms with van der Waals surface area (Å²) in [5, 5.41) is 0. The average molecular weight is 266 g/mol. The van der Waals surface area contributed by atoms with Crippen LogP contribution in [0.2, 0.25) is 0 Å². The minimum Gasteiger partial charge on any atom is -0.290 e. The van der Waals surface area contributed by atoms with Gasteiger partial charge in [0.1, 0.15) is 0 Å². The molecule has 0 aromatic carbocycles. The molecule has 0 unspecified atom stereocenters. The van der Waals surface area contributed by atoms with E-state index in [0.29, 0.717) is 0 Å². The zero-order valence-electron chi connectivity index (χ0n) is 12.6. The van der Waals surface area contributed by atoms with Gasteiger partial charge in [0.25, 0.3) is 0 Å². The van der Waals surface area contributed by atoms with Crippen LogP contribution in [-0.2, 0) is 9.59 Å². The van der Waals surface area contributed by atoms with Gasteiger partial charge in [0, 0.05) is 0 Å². The first-order chi connectivity index (χ1) is 9.27. The van der Waals surface area contributed by atoms with Crippen molar-refractivity contribution in [2.75, 3.05) is 0 Å². The number of hydrogen-bond donors (Lipinski definition) is 0. The lowest BCUT2D eigenvalue weighted by atomic mass is 10.0. The molecule has 0 aromatic heterocycles. The van der Waals surface area contributed by atoms with Crippen molar-refractivity contribution in [3.8, 4) is 0 Å². The number of carbonyl (C=O) groups excluding carboxylic acids is 2. The normalized spacial score (nSPS) is 15.2. The summed E-state index contributed by atoms with van der Waals surface area (Å²) in [5.74, 6) is -0.436. The van der Waals surface area contributed by atoms with Gasteiger partial charge in [-0.05, 0) is 6.42 Å². The highest BCUT2D eigenvalue weighted by Crippen LogP contribution is 2.25. The van der Waals surface area contributed by atoms with Crippen molar-refractivity contribution in [1.82, 2.24) is 0 Å². The molecule has 0 aliphatic heterocycles. The predicted octanol–water partition coefficient (Wildman–Crippen LogP) is 4.85. The number of rotatable bonds is 13. The van der Waals surface area contributed by atoms with Crippen LogP contribution in [0.25, 0.3) is 0 Å². The Morgan fingerprint density at radius 2 is 1.00 bits per heavy atom. The largest absolute Gasteiger partial charge is 0.290 e. The fourth-order valence-corrected chi connectivity index (χ4v) is 2.68. The topological polar surface area (TPSA) is 34.1 Å². The quantitative estimate of drug-likeness (QED) is 0.271. The molecule has 1 saturated carbocycles. The summed E-state index contributed by atoms with van der Waals surface area (Å²) in [5.41, 5.74) is 0. The summed E-state index contributed by atoms with van der Waals surface area (Å²) in [6, 6.07) is 0. The van der Waals surface area contributed by atoms with E-state index in [0.717, 1.165) is 12.8 Å². The van der Waals surface area contributed by atoms with E-state index >= 15 is 0 Å². The van der Waals surface area contributed by atoms with Crippen molar-refractivity contribution in [2.24, 2.45) is 5.92 Å². The molecule has 0 amide bonds. The third-order valence-electron chi connectivity index (χ3n) is 4.14. The molecule has 1 aliphatic carbocycles. The summed E-state index contributed by atoms with van der Waals surface area (Å²) in [7, 11) is 0. The lowest BCUT2D eigenvalue weighted by Gasteiger charge is -2.02. The molecule has 0 heterocycles. The van der Waals surface area contributed by atoms with Gasteiger partial charge in [-0.2, -0.15) is 0 Å². The Hall–Kier alpha value is -0.660. The van der Waals surface area contributed by atoms with E-state index in [1.165, 1.54) is 70.6 Å². The highest BCUT2D eigenvalue weighted by Gasteiger charge is 2.46. The Balaban J connectivity index is 1.70. The maximum Gasteiger partial charge on any atom is 0.210 e. The van der Waals surface area contributed by atoms with E-state index in [9.17, 15) is 9.59 Å². The van der Waals surface area contributed by atoms with Crippen molar-refractivity contribution in [3.63, 3.8) is 0 Å². The molecule has 2 nitrogen and oxygen atoms in total. The summed E-state index contributed by atoms with van der Waals surface area (Å²) >= 11 is 0. The maximum absolute atomic E-state index is 10.8. The SMILES string of the molecule is CCCCCCCCCCCCCCC1C(=O)C1=O. The van der Waals surface area contributed by atoms with Crippen LogP contribution < -0.4 is 0 Å². The fourth-order valence-electron chi connectivity index (χ4n) is 2.68. The number of carbonyl (C=O) groups is 2. The Kier molecular flexibility index (Phi) is 8.77. The first-order valence-corrected chi connectivity index (χ1v) is 8.35. The average Bonchev–Trinajstić information content (AvgIpc) is 2.98. The smallest absolute Gasteiger partial charge is 0.210 e. The molecule has 0 N–H and O–H groups in total. The van der Waals surface area contributed by atoms with Crippen LogP contribution in [0, 0.1) is 5.92 Å². The molecule has 1 fully saturated rings. The minimum absolute atomic E-state index is 0.122. The van der Waals surface area contributed by atoms with E-state index in [-0.39, 0.29) is 17.5 Å². The van der Waals surface area contributed by atoms with Gasteiger partial charge in [-0.1, -0.05) is 84.0 Å². The number of hydrogen-bond acceptors (Lipinski definition) is 2. The molecular formula is C17H30O2. The molecule has 0 spiro atoms. The molecule has 0 atom stereocenters. The molecule has 0 aromatic rings. The number of Topliss-reactive ketones (excluding diaryl/α,β-unsaturated/α-hetero) is 2. The first kappa shape index (κ1) is 16.4. The number of ketones is 2. The third-order valence-corrected chi connectivity index (χ3v) is 4.14. The molecule has 0 bridgehead atoms. The summed E-state index contributed by atoms with van der Waals surface area (Å²) in [6.07, 6.45) is 16.7. The Bertz CT molecular complexity index is 256. The molecule has 110 valence electrons. The summed E-state index contributed by atoms with van der Waals surface area (Å²) in [6.45, 7) is 2.26. The van der Waals surface area contributed by atoms with Crippen molar-refractivity contribution >= 4 is 11.6 Å². The molecule has 1 aliphatic rings. The predicted molar refractivity (Wildman–Crippen MR) is 79.2 cm³/mol. The van der Waals surface area contributed by atoms with E-state index in [1.807, 2.05) is 0 Å². The van der Waals surface area contributed by atoms with Crippen molar-refractivity contribution in [1.29, 1.82) is 0 Å². The lowest BCUT2D eigenvalue weighted by Crippen LogP contribution is -1.85. The Morgan fingerprint density at radius 3 is 1.37 bits per heavy atom. The van der Waals surface area contributed by atoms with Crippen LogP contribution in [0.5, 0.6) is 0 Å². The van der Waals surface area contributed by atoms with Crippen LogP contribution in [-0.4, -0.2) is 11.6 Å². The molecule has 0 radical (unpaired) electrons. The van der Waals surface area contributed by atoms with Gasteiger partial charge < -0.3 is 0 Å². The van der Waals surface area contributed by atoms with E-state index in [1.54, 1.807) is 0 Å². The molecule has 2 heteroatoms. The van der Waals surface area contributed by atoms with E-state index in [4.69, 9.17) is 0 Å². The molecule has 0 saturated heterocycles. The molecule has 19 heavy (non-hydrogen) atoms. The van der Waals surface area contributed by atoms with Crippen LogP contribution in [0.3, 0.4) is 0 Å². The second kappa shape index (κ2) is 10.2.